The molecule has 4 heavy (non-hydrogen) atoms. The summed E-state index contributed by atoms with van der Waals surface area (Å²) in [5.41, 5.74) is 0. The summed E-state index contributed by atoms with van der Waals surface area (Å²) in [5.74, 6) is 0. The Hall–Kier alpha value is 2.92. The quantitative estimate of drug-likeness (QED) is 0.364. The van der Waals surface area contributed by atoms with Crippen LogP contribution in [-0.2, 0) is 0 Å². The first-order valence-electron chi connectivity index (χ1n) is 0. The van der Waals surface area contributed by atoms with Gasteiger partial charge in [0.25, 0.3) is 0 Å². The molecule has 0 amide bonds. The Balaban J connectivity index is 0. The molecule has 0 aliphatic carbocycles. The van der Waals surface area contributed by atoms with Gasteiger partial charge in [-0.3, -0.25) is 0 Å². The molecular weight excluding hydrogens is 233 g/mol. The van der Waals surface area contributed by atoms with Crippen LogP contribution in [0.4, 0.5) is 0 Å². The van der Waals surface area contributed by atoms with Crippen LogP contribution in [0.15, 0.2) is 0 Å². The van der Waals surface area contributed by atoms with E-state index in [4.69, 9.17) is 0 Å². The summed E-state index contributed by atoms with van der Waals surface area (Å²) in [6.45, 7) is 0. The molecule has 0 rings (SSSR count). The predicted molar refractivity (Wildman–Crippen MR) is 11.5 cm³/mol. The molecule has 4 heteroatoms. The molecule has 0 aromatic rings. The van der Waals surface area contributed by atoms with Gasteiger partial charge < -0.3 is 24.8 Å². The molecule has 0 N–H and O–H groups in total. The van der Waals surface area contributed by atoms with Gasteiger partial charge in [-0.2, -0.15) is 0 Å². The molecule has 0 saturated carbocycles. The Labute approximate surface area is 94.5 Å². The average Bonchev–Trinajstić information content (AvgIpc) is 0. The topological polar surface area (TPSA) is 0 Å². The number of rotatable bonds is 0. The fourth-order valence-corrected chi connectivity index (χ4v) is 0. The third-order valence-corrected chi connectivity index (χ3v) is 0. The van der Waals surface area contributed by atoms with Crippen LogP contribution in [0.1, 0.15) is 0 Å². The molecule has 16 valence electrons. The van der Waals surface area contributed by atoms with E-state index < -0.39 is 0 Å². The van der Waals surface area contributed by atoms with Gasteiger partial charge in [-0.25, -0.2) is 0 Å². The second-order valence-corrected chi connectivity index (χ2v) is 0. The minimum Gasteiger partial charge on any atom is -1.00 e. The van der Waals surface area contributed by atoms with E-state index in [2.05, 4.69) is 0 Å². The fraction of sp³-hybridized carbons (Fsp3) is 0. The van der Waals surface area contributed by atoms with E-state index in [1.165, 1.54) is 0 Å². The standard InChI is InChI=1S/Ba.2ClH.Mg/h;2*1H;/q+2;;;+2/p-2. The van der Waals surface area contributed by atoms with Crippen molar-refractivity contribution in [1.29, 1.82) is 0 Å². The molecular formula is BaCl2Mg+2. The zero-order chi connectivity index (χ0) is 0. The Bertz CT molecular complexity index is 6.00. The van der Waals surface area contributed by atoms with Gasteiger partial charge in [0.15, 0.2) is 0 Å². The largest absolute Gasteiger partial charge is 2.00 e. The Morgan fingerprint density at radius 2 is 0.750 bits per heavy atom. The second-order valence-electron chi connectivity index (χ2n) is 0. The molecule has 0 nitrogen and oxygen atoms in total. The van der Waals surface area contributed by atoms with Gasteiger partial charge >= 0.3 is 71.9 Å². The maximum Gasteiger partial charge on any atom is 2.00 e. The first-order valence-corrected chi connectivity index (χ1v) is 0. The van der Waals surface area contributed by atoms with E-state index in [0.717, 1.165) is 0 Å². The minimum atomic E-state index is 0. The monoisotopic (exact) mass is 232 g/mol. The molecule has 0 aromatic carbocycles. The summed E-state index contributed by atoms with van der Waals surface area (Å²) in [6.07, 6.45) is 0. The van der Waals surface area contributed by atoms with Crippen LogP contribution >= 0.6 is 0 Å². The van der Waals surface area contributed by atoms with Gasteiger partial charge in [0.1, 0.15) is 0 Å². The first-order chi connectivity index (χ1) is 0. The average molecular weight is 233 g/mol. The molecule has 0 aliphatic heterocycles. The molecule has 0 heterocycles. The van der Waals surface area contributed by atoms with Crippen molar-refractivity contribution in [1.82, 2.24) is 0 Å². The molecule has 0 unspecified atom stereocenters. The van der Waals surface area contributed by atoms with Gasteiger partial charge in [0, 0.05) is 0 Å². The molecule has 0 radical (unpaired) electrons. The van der Waals surface area contributed by atoms with E-state index in [-0.39, 0.29) is 96.7 Å². The molecule has 0 aromatic heterocycles. The van der Waals surface area contributed by atoms with Crippen LogP contribution in [-0.4, -0.2) is 71.9 Å². The third kappa shape index (κ3) is 8.87. The molecule has 0 spiro atoms. The maximum absolute atomic E-state index is 0. The summed E-state index contributed by atoms with van der Waals surface area (Å²) in [6, 6.07) is 0. The van der Waals surface area contributed by atoms with E-state index in [1.54, 1.807) is 0 Å². The van der Waals surface area contributed by atoms with Crippen molar-refractivity contribution >= 4 is 71.9 Å². The van der Waals surface area contributed by atoms with E-state index in [9.17, 15) is 0 Å². The summed E-state index contributed by atoms with van der Waals surface area (Å²) in [5, 5.41) is 0. The smallest absolute Gasteiger partial charge is 1.00 e. The summed E-state index contributed by atoms with van der Waals surface area (Å²) in [7, 11) is 0. The van der Waals surface area contributed by atoms with Crippen LogP contribution in [0, 0.1) is 0 Å². The van der Waals surface area contributed by atoms with Gasteiger partial charge in [0.05, 0.1) is 0 Å². The number of halogens is 2. The third-order valence-electron chi connectivity index (χ3n) is 0. The second kappa shape index (κ2) is 16.8. The number of hydrogen-bond acceptors (Lipinski definition) is 0. The van der Waals surface area contributed by atoms with Gasteiger partial charge in [0.2, 0.25) is 0 Å². The van der Waals surface area contributed by atoms with Gasteiger partial charge in [-0.15, -0.1) is 0 Å². The van der Waals surface area contributed by atoms with Gasteiger partial charge in [-0.1, -0.05) is 0 Å². The van der Waals surface area contributed by atoms with Crippen molar-refractivity contribution < 1.29 is 24.8 Å². The Morgan fingerprint density at radius 1 is 0.750 bits per heavy atom. The van der Waals surface area contributed by atoms with E-state index in [1.807, 2.05) is 0 Å². The molecule has 0 fully saturated rings. The van der Waals surface area contributed by atoms with Crippen LogP contribution in [0.25, 0.3) is 0 Å². The summed E-state index contributed by atoms with van der Waals surface area (Å²) >= 11 is 0. The zero-order valence-electron chi connectivity index (χ0n) is 2.17. The first kappa shape index (κ1) is 28.5. The van der Waals surface area contributed by atoms with E-state index >= 15 is 0 Å². The minimum absolute atomic E-state index is 0. The maximum atomic E-state index is 0. The van der Waals surface area contributed by atoms with Crippen LogP contribution in [0.2, 0.25) is 0 Å². The van der Waals surface area contributed by atoms with Crippen molar-refractivity contribution in [2.75, 3.05) is 0 Å². The fourth-order valence-electron chi connectivity index (χ4n) is 0. The van der Waals surface area contributed by atoms with Crippen molar-refractivity contribution in [2.24, 2.45) is 0 Å². The predicted octanol–water partition coefficient (Wildman–Crippen LogP) is -6.75. The molecule has 0 atom stereocenters. The Morgan fingerprint density at radius 3 is 0.750 bits per heavy atom. The van der Waals surface area contributed by atoms with Crippen molar-refractivity contribution in [3.05, 3.63) is 0 Å². The summed E-state index contributed by atoms with van der Waals surface area (Å²) in [4.78, 5) is 0. The van der Waals surface area contributed by atoms with E-state index in [0.29, 0.717) is 0 Å². The van der Waals surface area contributed by atoms with Gasteiger partial charge in [-0.05, 0) is 0 Å². The normalized spacial score (nSPS) is 0. The zero-order valence-corrected chi connectivity index (χ0v) is 9.54. The van der Waals surface area contributed by atoms with Crippen molar-refractivity contribution in [3.8, 4) is 0 Å². The van der Waals surface area contributed by atoms with Crippen molar-refractivity contribution in [2.45, 2.75) is 0 Å². The molecule has 0 saturated heterocycles. The van der Waals surface area contributed by atoms with Crippen LogP contribution in [0.5, 0.6) is 0 Å². The SMILES string of the molecule is [Ba+2].[Cl-].[Cl-].[Mg+2]. The van der Waals surface area contributed by atoms with Crippen LogP contribution < -0.4 is 24.8 Å². The molecule has 0 bridgehead atoms. The molecule has 0 aliphatic rings. The number of hydrogen-bond donors (Lipinski definition) is 0. The van der Waals surface area contributed by atoms with Crippen LogP contribution in [0.3, 0.4) is 0 Å². The summed E-state index contributed by atoms with van der Waals surface area (Å²) < 4.78 is 0. The van der Waals surface area contributed by atoms with Crippen molar-refractivity contribution in [3.63, 3.8) is 0 Å². The Kier molecular flexibility index (Phi) is 120.